The van der Waals surface area contributed by atoms with Gasteiger partial charge >= 0.3 is 5.97 Å². The van der Waals surface area contributed by atoms with Crippen molar-refractivity contribution in [3.63, 3.8) is 0 Å². The molecule has 0 spiro atoms. The van der Waals surface area contributed by atoms with Crippen LogP contribution in [0.4, 0.5) is 5.82 Å². The van der Waals surface area contributed by atoms with Crippen LogP contribution >= 0.6 is 0 Å². The molecule has 39 heavy (non-hydrogen) atoms. The van der Waals surface area contributed by atoms with Crippen molar-refractivity contribution in [2.24, 2.45) is 0 Å². The summed E-state index contributed by atoms with van der Waals surface area (Å²) in [5, 5.41) is 4.40. The van der Waals surface area contributed by atoms with Crippen LogP contribution < -0.4 is 15.8 Å². The highest BCUT2D eigenvalue weighted by Gasteiger charge is 2.17. The Balaban J connectivity index is 1.28. The van der Waals surface area contributed by atoms with Gasteiger partial charge in [-0.1, -0.05) is 30.3 Å². The Bertz CT molecular complexity index is 1390. The maximum atomic E-state index is 11.7. The molecule has 3 N–H and O–H groups in total. The molecule has 10 heteroatoms. The summed E-state index contributed by atoms with van der Waals surface area (Å²) >= 11 is 0. The van der Waals surface area contributed by atoms with Gasteiger partial charge in [0.1, 0.15) is 17.1 Å². The van der Waals surface area contributed by atoms with Crippen molar-refractivity contribution in [3.8, 4) is 5.75 Å². The van der Waals surface area contributed by atoms with Gasteiger partial charge < -0.3 is 34.6 Å². The lowest BCUT2D eigenvalue weighted by atomic mass is 10.2. The van der Waals surface area contributed by atoms with Crippen molar-refractivity contribution in [1.82, 2.24) is 19.9 Å². The third kappa shape index (κ3) is 7.66. The number of anilines is 1. The van der Waals surface area contributed by atoms with Crippen LogP contribution in [-0.2, 0) is 38.5 Å². The molecule has 0 unspecified atom stereocenters. The van der Waals surface area contributed by atoms with Gasteiger partial charge in [0.2, 0.25) is 0 Å². The second kappa shape index (κ2) is 13.9. The van der Waals surface area contributed by atoms with Gasteiger partial charge in [-0.15, -0.1) is 0 Å². The van der Waals surface area contributed by atoms with Crippen molar-refractivity contribution in [3.05, 3.63) is 59.9 Å². The van der Waals surface area contributed by atoms with Crippen LogP contribution in [0.1, 0.15) is 25.2 Å². The molecular weight excluding hydrogens is 498 g/mol. The molecule has 0 saturated heterocycles. The van der Waals surface area contributed by atoms with Crippen LogP contribution in [0.5, 0.6) is 5.75 Å². The molecule has 0 aliphatic carbocycles. The predicted octanol–water partition coefficient (Wildman–Crippen LogP) is 3.49. The quantitative estimate of drug-likeness (QED) is 0.174. The first kappa shape index (κ1) is 28.3. The van der Waals surface area contributed by atoms with E-state index in [2.05, 4.69) is 14.9 Å². The third-order valence-electron chi connectivity index (χ3n) is 6.05. The fourth-order valence-electron chi connectivity index (χ4n) is 4.35. The molecule has 0 aliphatic rings. The summed E-state index contributed by atoms with van der Waals surface area (Å²) in [6.45, 7) is 7.14. The molecule has 0 saturated carbocycles. The SMILES string of the molecule is COCCc1nc2c(N)nc3ccccc3c2n1CCOCCNCc1cccc(OCC(=O)OC(C)C)c1. The second-order valence-corrected chi connectivity index (χ2v) is 9.40. The van der Waals surface area contributed by atoms with E-state index in [-0.39, 0.29) is 18.7 Å². The van der Waals surface area contributed by atoms with E-state index >= 15 is 0 Å². The molecule has 0 radical (unpaired) electrons. The van der Waals surface area contributed by atoms with Crippen molar-refractivity contribution < 1.29 is 23.7 Å². The highest BCUT2D eigenvalue weighted by atomic mass is 16.6. The zero-order chi connectivity index (χ0) is 27.6. The van der Waals surface area contributed by atoms with Crippen LogP contribution in [0.15, 0.2) is 48.5 Å². The van der Waals surface area contributed by atoms with E-state index in [1.807, 2.05) is 62.4 Å². The minimum atomic E-state index is -0.381. The van der Waals surface area contributed by atoms with Gasteiger partial charge in [-0.3, -0.25) is 0 Å². The number of pyridine rings is 1. The van der Waals surface area contributed by atoms with Crippen molar-refractivity contribution in [2.75, 3.05) is 45.8 Å². The number of benzene rings is 2. The molecule has 4 rings (SSSR count). The number of hydrogen-bond donors (Lipinski definition) is 2. The number of para-hydroxylation sites is 1. The second-order valence-electron chi connectivity index (χ2n) is 9.40. The van der Waals surface area contributed by atoms with Gasteiger partial charge in [-0.25, -0.2) is 14.8 Å². The number of fused-ring (bicyclic) bond motifs is 3. The molecule has 2 aromatic heterocycles. The van der Waals surface area contributed by atoms with Crippen LogP contribution in [0.3, 0.4) is 0 Å². The van der Waals surface area contributed by atoms with Crippen molar-refractivity contribution >= 4 is 33.7 Å². The van der Waals surface area contributed by atoms with Crippen LogP contribution in [0, 0.1) is 0 Å². The standard InChI is InChI=1S/C29H37N5O5/c1-20(2)39-26(35)19-38-22-8-6-7-21(17-22)18-31-12-15-37-16-13-34-25(11-14-36-3)33-27-28(34)23-9-4-5-10-24(23)32-29(27)30/h4-10,17,20,31H,11-16,18-19H2,1-3H3,(H2,30,32). The van der Waals surface area contributed by atoms with Crippen LogP contribution in [0.2, 0.25) is 0 Å². The molecule has 0 aliphatic heterocycles. The largest absolute Gasteiger partial charge is 0.482 e. The number of imidazole rings is 1. The van der Waals surface area contributed by atoms with E-state index < -0.39 is 0 Å². The van der Waals surface area contributed by atoms with Crippen LogP contribution in [0.25, 0.3) is 21.9 Å². The number of nitrogens with zero attached hydrogens (tertiary/aromatic N) is 3. The molecule has 0 atom stereocenters. The number of ether oxygens (including phenoxy) is 4. The smallest absolute Gasteiger partial charge is 0.344 e. The van der Waals surface area contributed by atoms with Gasteiger partial charge in [-0.2, -0.15) is 0 Å². The van der Waals surface area contributed by atoms with Gasteiger partial charge in [0, 0.05) is 38.6 Å². The van der Waals surface area contributed by atoms with E-state index in [1.54, 1.807) is 7.11 Å². The fourth-order valence-corrected chi connectivity index (χ4v) is 4.35. The normalized spacial score (nSPS) is 11.5. The molecule has 0 bridgehead atoms. The number of nitrogen functional groups attached to an aromatic ring is 1. The number of carbonyl (C=O) groups excluding carboxylic acids is 1. The number of carbonyl (C=O) groups is 1. The Morgan fingerprint density at radius 2 is 1.92 bits per heavy atom. The predicted molar refractivity (Wildman–Crippen MR) is 151 cm³/mol. The highest BCUT2D eigenvalue weighted by molar-refractivity contribution is 6.06. The Morgan fingerprint density at radius 1 is 1.08 bits per heavy atom. The minimum absolute atomic E-state index is 0.110. The molecular formula is C29H37N5O5. The topological polar surface area (TPSA) is 123 Å². The molecule has 2 aromatic carbocycles. The fraction of sp³-hybridized carbons (Fsp3) is 0.414. The summed E-state index contributed by atoms with van der Waals surface area (Å²) in [7, 11) is 1.68. The number of methoxy groups -OCH3 is 1. The Labute approximate surface area is 228 Å². The summed E-state index contributed by atoms with van der Waals surface area (Å²) in [5.41, 5.74) is 9.85. The maximum absolute atomic E-state index is 11.7. The third-order valence-corrected chi connectivity index (χ3v) is 6.05. The number of aromatic nitrogens is 3. The number of nitrogens with one attached hydrogen (secondary N) is 1. The zero-order valence-corrected chi connectivity index (χ0v) is 22.8. The molecule has 2 heterocycles. The zero-order valence-electron chi connectivity index (χ0n) is 22.8. The Kier molecular flexibility index (Phi) is 10.1. The summed E-state index contributed by atoms with van der Waals surface area (Å²) in [4.78, 5) is 21.0. The van der Waals surface area contributed by atoms with E-state index in [0.29, 0.717) is 63.0 Å². The van der Waals surface area contributed by atoms with Crippen molar-refractivity contribution in [2.45, 2.75) is 39.5 Å². The number of nitrogens with two attached hydrogens (primary N) is 1. The number of rotatable bonds is 15. The average Bonchev–Trinajstić information content (AvgIpc) is 3.29. The lowest BCUT2D eigenvalue weighted by molar-refractivity contribution is -0.149. The first-order chi connectivity index (χ1) is 19.0. The van der Waals surface area contributed by atoms with Gasteiger partial charge in [0.05, 0.1) is 37.0 Å². The Hall–Kier alpha value is -3.73. The first-order valence-electron chi connectivity index (χ1n) is 13.2. The maximum Gasteiger partial charge on any atom is 0.344 e. The lowest BCUT2D eigenvalue weighted by Crippen LogP contribution is -2.21. The first-order valence-corrected chi connectivity index (χ1v) is 13.2. The summed E-state index contributed by atoms with van der Waals surface area (Å²) in [6.07, 6.45) is 0.509. The average molecular weight is 536 g/mol. The summed E-state index contributed by atoms with van der Waals surface area (Å²) in [6, 6.07) is 15.6. The van der Waals surface area contributed by atoms with Gasteiger partial charge in [0.15, 0.2) is 12.4 Å². The monoisotopic (exact) mass is 535 g/mol. The molecule has 4 aromatic rings. The van der Waals surface area contributed by atoms with Gasteiger partial charge in [-0.05, 0) is 37.6 Å². The molecule has 208 valence electrons. The molecule has 0 fully saturated rings. The van der Waals surface area contributed by atoms with E-state index in [9.17, 15) is 4.79 Å². The number of esters is 1. The lowest BCUT2D eigenvalue weighted by Gasteiger charge is -2.12. The van der Waals surface area contributed by atoms with E-state index in [0.717, 1.165) is 27.8 Å². The van der Waals surface area contributed by atoms with Crippen LogP contribution in [-0.4, -0.2) is 66.7 Å². The molecule has 0 amide bonds. The Morgan fingerprint density at radius 3 is 2.74 bits per heavy atom. The summed E-state index contributed by atoms with van der Waals surface area (Å²) < 4.78 is 24.1. The minimum Gasteiger partial charge on any atom is -0.482 e. The van der Waals surface area contributed by atoms with Gasteiger partial charge in [0.25, 0.3) is 0 Å². The highest BCUT2D eigenvalue weighted by Crippen LogP contribution is 2.29. The van der Waals surface area contributed by atoms with E-state index in [4.69, 9.17) is 29.7 Å². The number of hydrogen-bond acceptors (Lipinski definition) is 9. The van der Waals surface area contributed by atoms with Crippen molar-refractivity contribution in [1.29, 1.82) is 0 Å². The van der Waals surface area contributed by atoms with E-state index in [1.165, 1.54) is 0 Å². The molecule has 10 nitrogen and oxygen atoms in total. The summed E-state index contributed by atoms with van der Waals surface area (Å²) in [5.74, 6) is 1.58.